The average Bonchev–Trinajstić information content (AvgIpc) is 2.88. The minimum atomic E-state index is -4.34. The molecule has 0 saturated heterocycles. The van der Waals surface area contributed by atoms with Gasteiger partial charge in [-0.05, 0) is 36.4 Å². The predicted octanol–water partition coefficient (Wildman–Crippen LogP) is 4.98. The second kappa shape index (κ2) is 4.59. The van der Waals surface area contributed by atoms with Gasteiger partial charge in [-0.3, -0.25) is 0 Å². The van der Waals surface area contributed by atoms with Crippen LogP contribution < -0.4 is 4.74 Å². The number of rotatable bonds is 2. The van der Waals surface area contributed by atoms with Crippen molar-refractivity contribution >= 4 is 10.9 Å². The molecule has 0 unspecified atom stereocenters. The number of ether oxygens (including phenoxy) is 1. The smallest absolute Gasteiger partial charge is 0.416 e. The molecule has 20 heavy (non-hydrogen) atoms. The van der Waals surface area contributed by atoms with E-state index in [0.29, 0.717) is 11.5 Å². The van der Waals surface area contributed by atoms with E-state index in [2.05, 4.69) is 4.98 Å². The number of benzene rings is 2. The first-order valence-corrected chi connectivity index (χ1v) is 5.95. The first-order valence-electron chi connectivity index (χ1n) is 5.95. The fraction of sp³-hybridized carbons (Fsp3) is 0.0667. The van der Waals surface area contributed by atoms with Crippen LogP contribution in [0.15, 0.2) is 54.7 Å². The summed E-state index contributed by atoms with van der Waals surface area (Å²) in [6, 6.07) is 12.0. The molecule has 102 valence electrons. The topological polar surface area (TPSA) is 25.0 Å². The van der Waals surface area contributed by atoms with E-state index >= 15 is 0 Å². The summed E-state index contributed by atoms with van der Waals surface area (Å²) < 4.78 is 43.0. The van der Waals surface area contributed by atoms with E-state index in [1.165, 1.54) is 12.1 Å². The number of hydrogen-bond donors (Lipinski definition) is 1. The van der Waals surface area contributed by atoms with E-state index in [4.69, 9.17) is 4.74 Å². The minimum Gasteiger partial charge on any atom is -0.455 e. The van der Waals surface area contributed by atoms with Crippen LogP contribution in [0.1, 0.15) is 5.56 Å². The van der Waals surface area contributed by atoms with Crippen LogP contribution >= 0.6 is 0 Å². The van der Waals surface area contributed by atoms with Gasteiger partial charge >= 0.3 is 6.18 Å². The summed E-state index contributed by atoms with van der Waals surface area (Å²) >= 11 is 0. The molecule has 0 spiro atoms. The molecule has 0 amide bonds. The molecule has 0 aliphatic rings. The van der Waals surface area contributed by atoms with Crippen molar-refractivity contribution in [1.82, 2.24) is 4.98 Å². The Balaban J connectivity index is 1.90. The van der Waals surface area contributed by atoms with E-state index < -0.39 is 11.7 Å². The number of halogens is 3. The van der Waals surface area contributed by atoms with Crippen LogP contribution in [0.2, 0.25) is 0 Å². The maximum Gasteiger partial charge on any atom is 0.416 e. The second-order valence-electron chi connectivity index (χ2n) is 4.32. The third-order valence-corrected chi connectivity index (χ3v) is 2.96. The van der Waals surface area contributed by atoms with Gasteiger partial charge in [0, 0.05) is 11.6 Å². The molecule has 1 heterocycles. The van der Waals surface area contributed by atoms with Crippen LogP contribution in [0, 0.1) is 0 Å². The summed E-state index contributed by atoms with van der Waals surface area (Å²) in [5.74, 6) is 0.937. The lowest BCUT2D eigenvalue weighted by atomic mass is 10.2. The molecule has 0 bridgehead atoms. The Labute approximate surface area is 112 Å². The zero-order valence-electron chi connectivity index (χ0n) is 10.2. The first-order chi connectivity index (χ1) is 9.54. The van der Waals surface area contributed by atoms with Crippen molar-refractivity contribution in [3.63, 3.8) is 0 Å². The number of hydrogen-bond acceptors (Lipinski definition) is 1. The van der Waals surface area contributed by atoms with Crippen molar-refractivity contribution in [2.24, 2.45) is 0 Å². The molecule has 3 aromatic rings. The first kappa shape index (κ1) is 12.6. The third kappa shape index (κ3) is 2.34. The van der Waals surface area contributed by atoms with Crippen molar-refractivity contribution in [2.75, 3.05) is 0 Å². The largest absolute Gasteiger partial charge is 0.455 e. The predicted molar refractivity (Wildman–Crippen MR) is 69.8 cm³/mol. The van der Waals surface area contributed by atoms with Gasteiger partial charge in [-0.25, -0.2) is 0 Å². The standard InChI is InChI=1S/C15H10F3NO/c16-15(17,18)11-4-6-12(7-5-11)20-13-3-1-2-10-8-9-19-14(10)13/h1-9,19H. The molecule has 0 aliphatic heterocycles. The normalized spacial score (nSPS) is 11.8. The van der Waals surface area contributed by atoms with Crippen LogP contribution in [0.4, 0.5) is 13.2 Å². The van der Waals surface area contributed by atoms with Crippen molar-refractivity contribution in [3.8, 4) is 11.5 Å². The molecule has 2 aromatic carbocycles. The average molecular weight is 277 g/mol. The summed E-state index contributed by atoms with van der Waals surface area (Å²) in [6.07, 6.45) is -2.55. The van der Waals surface area contributed by atoms with Crippen molar-refractivity contribution in [1.29, 1.82) is 0 Å². The van der Waals surface area contributed by atoms with Crippen LogP contribution in [0.3, 0.4) is 0 Å². The Hall–Kier alpha value is -2.43. The summed E-state index contributed by atoms with van der Waals surface area (Å²) in [5.41, 5.74) is 0.121. The highest BCUT2D eigenvalue weighted by Gasteiger charge is 2.30. The summed E-state index contributed by atoms with van der Waals surface area (Å²) in [4.78, 5) is 3.04. The Morgan fingerprint density at radius 3 is 2.35 bits per heavy atom. The Morgan fingerprint density at radius 2 is 1.65 bits per heavy atom. The Morgan fingerprint density at radius 1 is 0.900 bits per heavy atom. The second-order valence-corrected chi connectivity index (χ2v) is 4.32. The van der Waals surface area contributed by atoms with Crippen LogP contribution in [-0.4, -0.2) is 4.98 Å². The molecular formula is C15H10F3NO. The van der Waals surface area contributed by atoms with Crippen molar-refractivity contribution in [2.45, 2.75) is 6.18 Å². The lowest BCUT2D eigenvalue weighted by Crippen LogP contribution is -2.03. The van der Waals surface area contributed by atoms with Crippen molar-refractivity contribution < 1.29 is 17.9 Å². The lowest BCUT2D eigenvalue weighted by molar-refractivity contribution is -0.137. The Bertz CT molecular complexity index is 729. The highest BCUT2D eigenvalue weighted by atomic mass is 19.4. The molecule has 0 fully saturated rings. The number of para-hydroxylation sites is 1. The van der Waals surface area contributed by atoms with Gasteiger partial charge in [0.15, 0.2) is 5.75 Å². The van der Waals surface area contributed by atoms with Gasteiger partial charge in [-0.1, -0.05) is 12.1 Å². The van der Waals surface area contributed by atoms with E-state index in [1.807, 2.05) is 18.2 Å². The van der Waals surface area contributed by atoms with Crippen LogP contribution in [-0.2, 0) is 6.18 Å². The molecule has 3 rings (SSSR count). The Kier molecular flexibility index (Phi) is 2.89. The number of aromatic nitrogens is 1. The van der Waals surface area contributed by atoms with E-state index in [9.17, 15) is 13.2 Å². The number of alkyl halides is 3. The van der Waals surface area contributed by atoms with Gasteiger partial charge in [0.25, 0.3) is 0 Å². The maximum atomic E-state index is 12.5. The van der Waals surface area contributed by atoms with Gasteiger partial charge in [-0.2, -0.15) is 13.2 Å². The molecule has 1 N–H and O–H groups in total. The SMILES string of the molecule is FC(F)(F)c1ccc(Oc2cccc3cc[nH]c23)cc1. The van der Waals surface area contributed by atoms with Gasteiger partial charge in [0.1, 0.15) is 5.75 Å². The number of aromatic amines is 1. The summed E-state index contributed by atoms with van der Waals surface area (Å²) in [5, 5.41) is 0.981. The highest BCUT2D eigenvalue weighted by molar-refractivity contribution is 5.85. The fourth-order valence-corrected chi connectivity index (χ4v) is 1.98. The molecular weight excluding hydrogens is 267 g/mol. The van der Waals surface area contributed by atoms with Crippen LogP contribution in [0.25, 0.3) is 10.9 Å². The van der Waals surface area contributed by atoms with E-state index in [0.717, 1.165) is 23.0 Å². The molecule has 0 atom stereocenters. The summed E-state index contributed by atoms with van der Waals surface area (Å²) in [6.45, 7) is 0. The van der Waals surface area contributed by atoms with Gasteiger partial charge < -0.3 is 9.72 Å². The molecule has 2 nitrogen and oxygen atoms in total. The molecule has 0 saturated carbocycles. The van der Waals surface area contributed by atoms with Gasteiger partial charge in [-0.15, -0.1) is 0 Å². The molecule has 1 aromatic heterocycles. The van der Waals surface area contributed by atoms with Gasteiger partial charge in [0.2, 0.25) is 0 Å². The zero-order chi connectivity index (χ0) is 14.2. The van der Waals surface area contributed by atoms with Crippen LogP contribution in [0.5, 0.6) is 11.5 Å². The number of fused-ring (bicyclic) bond motifs is 1. The monoisotopic (exact) mass is 277 g/mol. The van der Waals surface area contributed by atoms with E-state index in [-0.39, 0.29) is 0 Å². The molecule has 5 heteroatoms. The quantitative estimate of drug-likeness (QED) is 0.702. The van der Waals surface area contributed by atoms with Gasteiger partial charge in [0.05, 0.1) is 11.1 Å². The minimum absolute atomic E-state index is 0.361. The summed E-state index contributed by atoms with van der Waals surface area (Å²) in [7, 11) is 0. The maximum absolute atomic E-state index is 12.5. The number of H-pyrrole nitrogens is 1. The number of nitrogens with one attached hydrogen (secondary N) is 1. The fourth-order valence-electron chi connectivity index (χ4n) is 1.98. The third-order valence-electron chi connectivity index (χ3n) is 2.96. The van der Waals surface area contributed by atoms with E-state index in [1.54, 1.807) is 12.3 Å². The molecule has 0 radical (unpaired) electrons. The van der Waals surface area contributed by atoms with Crippen molar-refractivity contribution in [3.05, 3.63) is 60.3 Å². The molecule has 0 aliphatic carbocycles. The zero-order valence-corrected chi connectivity index (χ0v) is 10.2. The lowest BCUT2D eigenvalue weighted by Gasteiger charge is -2.09. The highest BCUT2D eigenvalue weighted by Crippen LogP contribution is 2.32.